The van der Waals surface area contributed by atoms with Gasteiger partial charge in [-0.15, -0.1) is 11.8 Å². The van der Waals surface area contributed by atoms with Crippen molar-refractivity contribution in [3.05, 3.63) is 28.2 Å². The molecule has 0 heterocycles. The van der Waals surface area contributed by atoms with Gasteiger partial charge in [0.05, 0.1) is 11.1 Å². The average Bonchev–Trinajstić information content (AvgIpc) is 2.50. The van der Waals surface area contributed by atoms with Crippen LogP contribution in [0.5, 0.6) is 0 Å². The third kappa shape index (κ3) is 3.78. The van der Waals surface area contributed by atoms with Gasteiger partial charge in [-0.2, -0.15) is 0 Å². The van der Waals surface area contributed by atoms with Gasteiger partial charge in [0.25, 0.3) is 0 Å². The predicted octanol–water partition coefficient (Wildman–Crippen LogP) is 4.78. The van der Waals surface area contributed by atoms with Crippen molar-refractivity contribution in [3.8, 4) is 0 Å². The molecule has 1 aromatic rings. The standard InChI is InChI=1S/C13H16Cl2OS/c14-9-6-7-10(15)13(8-9)17-12-5-3-1-2-4-11(12)16/h6-8,11-12,16H,1-5H2. The van der Waals surface area contributed by atoms with E-state index in [2.05, 4.69) is 0 Å². The summed E-state index contributed by atoms with van der Waals surface area (Å²) >= 11 is 13.8. The molecule has 94 valence electrons. The van der Waals surface area contributed by atoms with Crippen molar-refractivity contribution in [2.45, 2.75) is 48.4 Å². The minimum absolute atomic E-state index is 0.224. The van der Waals surface area contributed by atoms with Gasteiger partial charge in [0.1, 0.15) is 0 Å². The molecule has 1 saturated carbocycles. The van der Waals surface area contributed by atoms with Crippen molar-refractivity contribution in [3.63, 3.8) is 0 Å². The number of hydrogen-bond donors (Lipinski definition) is 1. The smallest absolute Gasteiger partial charge is 0.0662 e. The zero-order valence-corrected chi connectivity index (χ0v) is 11.9. The van der Waals surface area contributed by atoms with Gasteiger partial charge >= 0.3 is 0 Å². The van der Waals surface area contributed by atoms with Crippen LogP contribution in [0.1, 0.15) is 32.1 Å². The molecular formula is C13H16Cl2OS. The summed E-state index contributed by atoms with van der Waals surface area (Å²) < 4.78 is 0. The highest BCUT2D eigenvalue weighted by atomic mass is 35.5. The van der Waals surface area contributed by atoms with E-state index in [1.54, 1.807) is 17.8 Å². The van der Waals surface area contributed by atoms with E-state index in [1.165, 1.54) is 12.8 Å². The highest BCUT2D eigenvalue weighted by Gasteiger charge is 2.23. The summed E-state index contributed by atoms with van der Waals surface area (Å²) in [4.78, 5) is 0.977. The lowest BCUT2D eigenvalue weighted by molar-refractivity contribution is 0.163. The van der Waals surface area contributed by atoms with Crippen LogP contribution in [0.2, 0.25) is 10.0 Å². The summed E-state index contributed by atoms with van der Waals surface area (Å²) in [7, 11) is 0. The monoisotopic (exact) mass is 290 g/mol. The molecule has 0 aliphatic heterocycles. The Morgan fingerprint density at radius 1 is 1.12 bits per heavy atom. The van der Waals surface area contributed by atoms with Gasteiger partial charge in [0.15, 0.2) is 0 Å². The maximum atomic E-state index is 10.1. The Kier molecular flexibility index (Phi) is 5.04. The van der Waals surface area contributed by atoms with Crippen LogP contribution >= 0.6 is 35.0 Å². The normalized spacial score (nSPS) is 25.6. The van der Waals surface area contributed by atoms with E-state index in [4.69, 9.17) is 23.2 Å². The fourth-order valence-corrected chi connectivity index (χ4v) is 3.89. The Bertz CT molecular complexity index is 384. The molecule has 2 atom stereocenters. The highest BCUT2D eigenvalue weighted by Crippen LogP contribution is 2.37. The number of halogens is 2. The lowest BCUT2D eigenvalue weighted by Crippen LogP contribution is -2.21. The van der Waals surface area contributed by atoms with E-state index < -0.39 is 0 Å². The van der Waals surface area contributed by atoms with Gasteiger partial charge in [0, 0.05) is 15.2 Å². The maximum Gasteiger partial charge on any atom is 0.0662 e. The second-order valence-electron chi connectivity index (χ2n) is 4.44. The van der Waals surface area contributed by atoms with E-state index in [9.17, 15) is 5.11 Å². The Hall–Kier alpha value is 0.110. The highest BCUT2D eigenvalue weighted by molar-refractivity contribution is 8.00. The number of aliphatic hydroxyl groups is 1. The molecule has 0 aromatic heterocycles. The first-order chi connectivity index (χ1) is 8.16. The summed E-state index contributed by atoms with van der Waals surface area (Å²) in [6.45, 7) is 0. The van der Waals surface area contributed by atoms with Crippen molar-refractivity contribution in [1.82, 2.24) is 0 Å². The first kappa shape index (κ1) is 13.5. The number of hydrogen-bond acceptors (Lipinski definition) is 2. The molecule has 17 heavy (non-hydrogen) atoms. The molecule has 1 aromatic carbocycles. The largest absolute Gasteiger partial charge is 0.392 e. The van der Waals surface area contributed by atoms with E-state index in [0.29, 0.717) is 5.02 Å². The first-order valence-electron chi connectivity index (χ1n) is 5.96. The average molecular weight is 291 g/mol. The van der Waals surface area contributed by atoms with Gasteiger partial charge in [-0.1, -0.05) is 42.5 Å². The number of aliphatic hydroxyl groups excluding tert-OH is 1. The number of thioether (sulfide) groups is 1. The van der Waals surface area contributed by atoms with Gasteiger partial charge in [-0.3, -0.25) is 0 Å². The molecule has 1 nitrogen and oxygen atoms in total. The van der Waals surface area contributed by atoms with Crippen molar-refractivity contribution in [1.29, 1.82) is 0 Å². The topological polar surface area (TPSA) is 20.2 Å². The molecule has 0 radical (unpaired) electrons. The number of benzene rings is 1. The Morgan fingerprint density at radius 2 is 1.88 bits per heavy atom. The molecule has 1 aliphatic carbocycles. The van der Waals surface area contributed by atoms with Crippen LogP contribution in [0.25, 0.3) is 0 Å². The van der Waals surface area contributed by atoms with Gasteiger partial charge < -0.3 is 5.11 Å². The summed E-state index contributed by atoms with van der Waals surface area (Å²) in [6, 6.07) is 5.49. The van der Waals surface area contributed by atoms with Crippen LogP contribution in [0.4, 0.5) is 0 Å². The third-order valence-electron chi connectivity index (χ3n) is 3.09. The molecular weight excluding hydrogens is 275 g/mol. The zero-order chi connectivity index (χ0) is 12.3. The van der Waals surface area contributed by atoms with Crippen LogP contribution in [-0.4, -0.2) is 16.5 Å². The van der Waals surface area contributed by atoms with Crippen molar-refractivity contribution in [2.24, 2.45) is 0 Å². The Balaban J connectivity index is 2.10. The fraction of sp³-hybridized carbons (Fsp3) is 0.538. The SMILES string of the molecule is OC1CCCCCC1Sc1cc(Cl)ccc1Cl. The zero-order valence-electron chi connectivity index (χ0n) is 9.53. The molecule has 1 aliphatic rings. The second kappa shape index (κ2) is 6.33. The van der Waals surface area contributed by atoms with E-state index in [0.717, 1.165) is 29.2 Å². The fourth-order valence-electron chi connectivity index (χ4n) is 2.12. The quantitative estimate of drug-likeness (QED) is 0.791. The van der Waals surface area contributed by atoms with Crippen LogP contribution < -0.4 is 0 Å². The summed E-state index contributed by atoms with van der Waals surface area (Å²) in [5, 5.41) is 11.7. The minimum atomic E-state index is -0.224. The molecule has 0 bridgehead atoms. The lowest BCUT2D eigenvalue weighted by Gasteiger charge is -2.20. The van der Waals surface area contributed by atoms with Crippen LogP contribution in [0.15, 0.2) is 23.1 Å². The van der Waals surface area contributed by atoms with E-state index in [1.807, 2.05) is 12.1 Å². The molecule has 4 heteroatoms. The van der Waals surface area contributed by atoms with Crippen molar-refractivity contribution in [2.75, 3.05) is 0 Å². The van der Waals surface area contributed by atoms with E-state index >= 15 is 0 Å². The van der Waals surface area contributed by atoms with Gasteiger partial charge in [-0.25, -0.2) is 0 Å². The molecule has 0 saturated heterocycles. The van der Waals surface area contributed by atoms with Gasteiger partial charge in [0.2, 0.25) is 0 Å². The van der Waals surface area contributed by atoms with E-state index in [-0.39, 0.29) is 11.4 Å². The third-order valence-corrected chi connectivity index (χ3v) is 5.21. The van der Waals surface area contributed by atoms with Gasteiger partial charge in [-0.05, 0) is 31.0 Å². The van der Waals surface area contributed by atoms with Crippen LogP contribution in [-0.2, 0) is 0 Å². The number of rotatable bonds is 2. The maximum absolute atomic E-state index is 10.1. The Labute approximate surface area is 117 Å². The molecule has 0 amide bonds. The van der Waals surface area contributed by atoms with Crippen LogP contribution in [0, 0.1) is 0 Å². The predicted molar refractivity (Wildman–Crippen MR) is 75.2 cm³/mol. The molecule has 1 fully saturated rings. The van der Waals surface area contributed by atoms with Crippen LogP contribution in [0.3, 0.4) is 0 Å². The summed E-state index contributed by atoms with van der Waals surface area (Å²) in [5.74, 6) is 0. The minimum Gasteiger partial charge on any atom is -0.392 e. The molecule has 1 N–H and O–H groups in total. The summed E-state index contributed by atoms with van der Waals surface area (Å²) in [6.07, 6.45) is 5.26. The van der Waals surface area contributed by atoms with Crippen molar-refractivity contribution < 1.29 is 5.11 Å². The molecule has 2 rings (SSSR count). The Morgan fingerprint density at radius 3 is 2.71 bits per heavy atom. The lowest BCUT2D eigenvalue weighted by atomic mass is 10.1. The molecule has 0 spiro atoms. The van der Waals surface area contributed by atoms with Crippen molar-refractivity contribution >= 4 is 35.0 Å². The second-order valence-corrected chi connectivity index (χ2v) is 6.56. The first-order valence-corrected chi connectivity index (χ1v) is 7.60. The summed E-state index contributed by atoms with van der Waals surface area (Å²) in [5.41, 5.74) is 0. The molecule has 2 unspecified atom stereocenters.